The number of rotatable bonds is 6. The molecule has 1 aromatic heterocycles. The normalized spacial score (nSPS) is 10.9. The maximum absolute atomic E-state index is 11.5. The predicted molar refractivity (Wildman–Crippen MR) is 107 cm³/mol. The highest BCUT2D eigenvalue weighted by molar-refractivity contribution is 14.0. The summed E-state index contributed by atoms with van der Waals surface area (Å²) >= 11 is 0. The van der Waals surface area contributed by atoms with E-state index in [1.54, 1.807) is 22.9 Å². The minimum absolute atomic E-state index is 0. The molecule has 0 saturated carbocycles. The summed E-state index contributed by atoms with van der Waals surface area (Å²) in [6.45, 7) is 3.39. The third-order valence-electron chi connectivity index (χ3n) is 3.31. The van der Waals surface area contributed by atoms with Crippen molar-refractivity contribution in [3.8, 4) is 0 Å². The van der Waals surface area contributed by atoms with Crippen LogP contribution in [0.4, 0.5) is 5.69 Å². The molecule has 2 rings (SSSR count). The number of nitrogens with one attached hydrogen (secondary N) is 1. The monoisotopic (exact) mass is 426 g/mol. The highest BCUT2D eigenvalue weighted by Crippen LogP contribution is 2.07. The van der Waals surface area contributed by atoms with Crippen LogP contribution in [0.15, 0.2) is 58.4 Å². The minimum Gasteiger partial charge on any atom is -0.370 e. The molecule has 0 bridgehead atoms. The van der Waals surface area contributed by atoms with Crippen LogP contribution in [0.5, 0.6) is 0 Å². The molecule has 0 aliphatic heterocycles. The van der Waals surface area contributed by atoms with Gasteiger partial charge >= 0.3 is 0 Å². The van der Waals surface area contributed by atoms with Gasteiger partial charge in [0.15, 0.2) is 5.96 Å². The molecule has 6 heteroatoms. The molecule has 0 spiro atoms. The largest absolute Gasteiger partial charge is 0.370 e. The molecule has 23 heavy (non-hydrogen) atoms. The van der Waals surface area contributed by atoms with E-state index in [-0.39, 0.29) is 29.5 Å². The van der Waals surface area contributed by atoms with Crippen molar-refractivity contribution in [2.75, 3.05) is 11.9 Å². The first-order valence-electron chi connectivity index (χ1n) is 7.44. The number of aryl methyl sites for hydroxylation is 2. The summed E-state index contributed by atoms with van der Waals surface area (Å²) in [6, 6.07) is 13.2. The molecule has 5 nitrogen and oxygen atoms in total. The summed E-state index contributed by atoms with van der Waals surface area (Å²) in [6.07, 6.45) is 3.59. The quantitative estimate of drug-likeness (QED) is 0.323. The van der Waals surface area contributed by atoms with Gasteiger partial charge in [-0.3, -0.25) is 9.79 Å². The summed E-state index contributed by atoms with van der Waals surface area (Å²) in [4.78, 5) is 15.8. The van der Waals surface area contributed by atoms with E-state index in [1.165, 1.54) is 5.56 Å². The summed E-state index contributed by atoms with van der Waals surface area (Å²) in [5.74, 6) is 0.417. The number of hydrogen-bond donors (Lipinski definition) is 2. The molecule has 1 aromatic carbocycles. The lowest BCUT2D eigenvalue weighted by atomic mass is 10.2. The van der Waals surface area contributed by atoms with Gasteiger partial charge in [0, 0.05) is 31.0 Å². The number of pyridine rings is 1. The van der Waals surface area contributed by atoms with Crippen LogP contribution in [0.3, 0.4) is 0 Å². The summed E-state index contributed by atoms with van der Waals surface area (Å²) in [5.41, 5.74) is 8.02. The second-order valence-corrected chi connectivity index (χ2v) is 5.20. The third kappa shape index (κ3) is 6.85. The lowest BCUT2D eigenvalue weighted by molar-refractivity contribution is 0.599. The molecule has 124 valence electrons. The summed E-state index contributed by atoms with van der Waals surface area (Å²) < 4.78 is 1.71. The number of aromatic nitrogens is 1. The maximum atomic E-state index is 11.5. The van der Waals surface area contributed by atoms with Crippen molar-refractivity contribution in [1.29, 1.82) is 0 Å². The first kappa shape index (κ1) is 19.2. The second kappa shape index (κ2) is 10.0. The van der Waals surface area contributed by atoms with Crippen LogP contribution in [0.25, 0.3) is 0 Å². The van der Waals surface area contributed by atoms with E-state index in [0.717, 1.165) is 18.5 Å². The standard InChI is InChI=1S/C17H22N4O.HI/c1-14-7-9-15(10-8-14)20-17(18)19-11-3-5-13-21-12-4-2-6-16(21)22;/h2,4,6-10,12H,3,5,11,13H2,1H3,(H3,18,19,20);1H. The highest BCUT2D eigenvalue weighted by Gasteiger charge is 1.96. The number of unbranched alkanes of at least 4 members (excludes halogenated alkanes) is 1. The molecule has 0 fully saturated rings. The number of halogens is 1. The fraction of sp³-hybridized carbons (Fsp3) is 0.294. The average molecular weight is 426 g/mol. The van der Waals surface area contributed by atoms with Gasteiger partial charge in [0.05, 0.1) is 0 Å². The Kier molecular flexibility index (Phi) is 8.39. The molecule has 0 radical (unpaired) electrons. The maximum Gasteiger partial charge on any atom is 0.250 e. The van der Waals surface area contributed by atoms with Gasteiger partial charge in [0.2, 0.25) is 5.56 Å². The van der Waals surface area contributed by atoms with Crippen LogP contribution < -0.4 is 16.6 Å². The Balaban J connectivity index is 0.00000264. The lowest BCUT2D eigenvalue weighted by Crippen LogP contribution is -2.23. The first-order valence-corrected chi connectivity index (χ1v) is 7.44. The Bertz CT molecular complexity index is 679. The molecule has 0 aliphatic rings. The van der Waals surface area contributed by atoms with E-state index in [2.05, 4.69) is 10.3 Å². The number of aliphatic imine (C=N–C) groups is 1. The molecule has 0 saturated heterocycles. The van der Waals surface area contributed by atoms with Crippen molar-refractivity contribution in [2.45, 2.75) is 26.3 Å². The number of nitrogens with two attached hydrogens (primary N) is 1. The van der Waals surface area contributed by atoms with Gasteiger partial charge in [-0.25, -0.2) is 0 Å². The number of anilines is 1. The van der Waals surface area contributed by atoms with Crippen molar-refractivity contribution in [1.82, 2.24) is 4.57 Å². The lowest BCUT2D eigenvalue weighted by Gasteiger charge is -2.06. The minimum atomic E-state index is 0. The number of hydrogen-bond acceptors (Lipinski definition) is 2. The van der Waals surface area contributed by atoms with Crippen LogP contribution in [0.2, 0.25) is 0 Å². The van der Waals surface area contributed by atoms with Crippen molar-refractivity contribution in [3.63, 3.8) is 0 Å². The first-order chi connectivity index (χ1) is 10.6. The van der Waals surface area contributed by atoms with Gasteiger partial charge in [-0.15, -0.1) is 24.0 Å². The molecule has 2 aromatic rings. The van der Waals surface area contributed by atoms with E-state index in [0.29, 0.717) is 19.0 Å². The molecule has 3 N–H and O–H groups in total. The van der Waals surface area contributed by atoms with Crippen LogP contribution in [0.1, 0.15) is 18.4 Å². The zero-order valence-corrected chi connectivity index (χ0v) is 15.6. The zero-order valence-electron chi connectivity index (χ0n) is 13.2. The van der Waals surface area contributed by atoms with Crippen molar-refractivity contribution in [2.24, 2.45) is 10.7 Å². The fourth-order valence-corrected chi connectivity index (χ4v) is 2.06. The van der Waals surface area contributed by atoms with Crippen LogP contribution >= 0.6 is 24.0 Å². The Morgan fingerprint density at radius 1 is 1.17 bits per heavy atom. The van der Waals surface area contributed by atoms with Gasteiger partial charge in [0.25, 0.3) is 0 Å². The molecule has 0 amide bonds. The van der Waals surface area contributed by atoms with Crippen molar-refractivity contribution in [3.05, 3.63) is 64.6 Å². The van der Waals surface area contributed by atoms with Crippen molar-refractivity contribution < 1.29 is 0 Å². The molecule has 0 aliphatic carbocycles. The number of benzene rings is 1. The second-order valence-electron chi connectivity index (χ2n) is 5.20. The molecule has 1 heterocycles. The predicted octanol–water partition coefficient (Wildman–Crippen LogP) is 2.98. The Hall–Kier alpha value is -1.83. The van der Waals surface area contributed by atoms with Crippen molar-refractivity contribution >= 4 is 35.6 Å². The molecule has 0 atom stereocenters. The van der Waals surface area contributed by atoms with Crippen LogP contribution in [0, 0.1) is 6.92 Å². The van der Waals surface area contributed by atoms with E-state index >= 15 is 0 Å². The molecular weight excluding hydrogens is 403 g/mol. The Labute approximate surface area is 153 Å². The Morgan fingerprint density at radius 2 is 1.91 bits per heavy atom. The van der Waals surface area contributed by atoms with E-state index < -0.39 is 0 Å². The van der Waals surface area contributed by atoms with Gasteiger partial charge in [-0.2, -0.15) is 0 Å². The van der Waals surface area contributed by atoms with Gasteiger partial charge in [0.1, 0.15) is 0 Å². The smallest absolute Gasteiger partial charge is 0.250 e. The van der Waals surface area contributed by atoms with Crippen LogP contribution in [-0.4, -0.2) is 17.1 Å². The van der Waals surface area contributed by atoms with Gasteiger partial charge in [-0.05, 0) is 38.0 Å². The fourth-order valence-electron chi connectivity index (χ4n) is 2.06. The van der Waals surface area contributed by atoms with Gasteiger partial charge in [-0.1, -0.05) is 23.8 Å². The third-order valence-corrected chi connectivity index (χ3v) is 3.31. The van der Waals surface area contributed by atoms with Gasteiger partial charge < -0.3 is 15.6 Å². The SMILES string of the molecule is Cc1ccc(NC(N)=NCCCCn2ccccc2=O)cc1.I. The summed E-state index contributed by atoms with van der Waals surface area (Å²) in [5, 5.41) is 3.06. The topological polar surface area (TPSA) is 72.4 Å². The number of nitrogens with zero attached hydrogens (tertiary/aromatic N) is 2. The highest BCUT2D eigenvalue weighted by atomic mass is 127. The zero-order chi connectivity index (χ0) is 15.8. The molecule has 0 unspecified atom stereocenters. The average Bonchev–Trinajstić information content (AvgIpc) is 2.51. The number of guanidine groups is 1. The van der Waals surface area contributed by atoms with E-state index in [9.17, 15) is 4.79 Å². The summed E-state index contributed by atoms with van der Waals surface area (Å²) in [7, 11) is 0. The Morgan fingerprint density at radius 3 is 2.61 bits per heavy atom. The van der Waals surface area contributed by atoms with E-state index in [1.807, 2.05) is 37.3 Å². The van der Waals surface area contributed by atoms with E-state index in [4.69, 9.17) is 5.73 Å². The van der Waals surface area contributed by atoms with Crippen LogP contribution in [-0.2, 0) is 6.54 Å². The molecular formula is C17H23IN4O.